The van der Waals surface area contributed by atoms with E-state index < -0.39 is 0 Å². The zero-order valence-electron chi connectivity index (χ0n) is 11.0. The standard InChI is InChI=1S/C15H16FN3O/c16-13-3-1-2-11(8-13)4-6-19-15(20)12-5-7-18-14(9-12)10-17/h1-3,5,7-9H,4,6,10,17H2,(H,19,20). The average molecular weight is 273 g/mol. The van der Waals surface area contributed by atoms with Crippen molar-refractivity contribution >= 4 is 5.91 Å². The minimum absolute atomic E-state index is 0.182. The SMILES string of the molecule is NCc1cc(C(=O)NCCc2cccc(F)c2)ccn1. The number of nitrogens with one attached hydrogen (secondary N) is 1. The fourth-order valence-corrected chi connectivity index (χ4v) is 1.85. The molecular formula is C15H16FN3O. The molecule has 0 radical (unpaired) electrons. The first-order valence-corrected chi connectivity index (χ1v) is 6.36. The quantitative estimate of drug-likeness (QED) is 0.870. The van der Waals surface area contributed by atoms with E-state index in [2.05, 4.69) is 10.3 Å². The summed E-state index contributed by atoms with van der Waals surface area (Å²) in [5.41, 5.74) is 7.53. The van der Waals surface area contributed by atoms with Crippen molar-refractivity contribution in [3.63, 3.8) is 0 Å². The van der Waals surface area contributed by atoms with Crippen LogP contribution in [0.4, 0.5) is 4.39 Å². The summed E-state index contributed by atoms with van der Waals surface area (Å²) in [5, 5.41) is 2.79. The Morgan fingerprint density at radius 3 is 2.90 bits per heavy atom. The number of hydrogen-bond donors (Lipinski definition) is 2. The molecule has 2 aromatic rings. The largest absolute Gasteiger partial charge is 0.352 e. The van der Waals surface area contributed by atoms with Crippen LogP contribution >= 0.6 is 0 Å². The highest BCUT2D eigenvalue weighted by molar-refractivity contribution is 5.94. The predicted molar refractivity (Wildman–Crippen MR) is 74.6 cm³/mol. The van der Waals surface area contributed by atoms with Crippen molar-refractivity contribution in [2.75, 3.05) is 6.54 Å². The molecule has 20 heavy (non-hydrogen) atoms. The monoisotopic (exact) mass is 273 g/mol. The minimum atomic E-state index is -0.268. The van der Waals surface area contributed by atoms with Crippen molar-refractivity contribution in [2.45, 2.75) is 13.0 Å². The number of aromatic nitrogens is 1. The Balaban J connectivity index is 1.89. The van der Waals surface area contributed by atoms with E-state index in [0.717, 1.165) is 5.56 Å². The molecule has 0 aliphatic carbocycles. The van der Waals surface area contributed by atoms with Gasteiger partial charge in [-0.25, -0.2) is 4.39 Å². The van der Waals surface area contributed by atoms with Crippen molar-refractivity contribution in [1.82, 2.24) is 10.3 Å². The van der Waals surface area contributed by atoms with Gasteiger partial charge in [-0.15, -0.1) is 0 Å². The third kappa shape index (κ3) is 3.86. The van der Waals surface area contributed by atoms with E-state index >= 15 is 0 Å². The van der Waals surface area contributed by atoms with E-state index in [1.165, 1.54) is 12.1 Å². The molecule has 0 bridgehead atoms. The molecule has 4 nitrogen and oxygen atoms in total. The molecule has 0 atom stereocenters. The normalized spacial score (nSPS) is 10.3. The molecule has 2 rings (SSSR count). The van der Waals surface area contributed by atoms with Crippen LogP contribution in [-0.2, 0) is 13.0 Å². The topological polar surface area (TPSA) is 68.0 Å². The van der Waals surface area contributed by atoms with Gasteiger partial charge in [0.15, 0.2) is 0 Å². The van der Waals surface area contributed by atoms with E-state index in [1.807, 2.05) is 6.07 Å². The van der Waals surface area contributed by atoms with Crippen molar-refractivity contribution in [3.8, 4) is 0 Å². The van der Waals surface area contributed by atoms with Crippen molar-refractivity contribution < 1.29 is 9.18 Å². The van der Waals surface area contributed by atoms with Gasteiger partial charge in [0.1, 0.15) is 5.82 Å². The van der Waals surface area contributed by atoms with E-state index in [4.69, 9.17) is 5.73 Å². The van der Waals surface area contributed by atoms with Gasteiger partial charge in [-0.05, 0) is 36.2 Å². The fourth-order valence-electron chi connectivity index (χ4n) is 1.85. The molecule has 0 saturated heterocycles. The van der Waals surface area contributed by atoms with Gasteiger partial charge in [-0.1, -0.05) is 12.1 Å². The van der Waals surface area contributed by atoms with Crippen molar-refractivity contribution in [3.05, 3.63) is 65.2 Å². The highest BCUT2D eigenvalue weighted by Crippen LogP contribution is 2.04. The summed E-state index contributed by atoms with van der Waals surface area (Å²) in [7, 11) is 0. The Hall–Kier alpha value is -2.27. The number of carbonyl (C=O) groups is 1. The molecule has 104 valence electrons. The van der Waals surface area contributed by atoms with Crippen LogP contribution in [0.25, 0.3) is 0 Å². The fraction of sp³-hybridized carbons (Fsp3) is 0.200. The third-order valence-electron chi connectivity index (χ3n) is 2.88. The summed E-state index contributed by atoms with van der Waals surface area (Å²) in [4.78, 5) is 15.9. The van der Waals surface area contributed by atoms with Crippen LogP contribution in [0, 0.1) is 5.82 Å². The van der Waals surface area contributed by atoms with Gasteiger partial charge in [0.25, 0.3) is 5.91 Å². The Morgan fingerprint density at radius 1 is 1.30 bits per heavy atom. The summed E-state index contributed by atoms with van der Waals surface area (Å²) < 4.78 is 13.0. The number of hydrogen-bond acceptors (Lipinski definition) is 3. The number of carbonyl (C=O) groups excluding carboxylic acids is 1. The van der Waals surface area contributed by atoms with Gasteiger partial charge in [-0.3, -0.25) is 9.78 Å². The highest BCUT2D eigenvalue weighted by Gasteiger charge is 2.06. The summed E-state index contributed by atoms with van der Waals surface area (Å²) in [5.74, 6) is -0.450. The Bertz CT molecular complexity index is 601. The van der Waals surface area contributed by atoms with Crippen LogP contribution in [0.3, 0.4) is 0 Å². The minimum Gasteiger partial charge on any atom is -0.352 e. The molecule has 1 heterocycles. The van der Waals surface area contributed by atoms with Crippen LogP contribution < -0.4 is 11.1 Å². The van der Waals surface area contributed by atoms with Gasteiger partial charge >= 0.3 is 0 Å². The van der Waals surface area contributed by atoms with Gasteiger partial charge in [0.05, 0.1) is 5.69 Å². The number of halogens is 1. The molecule has 1 aromatic heterocycles. The summed E-state index contributed by atoms with van der Waals surface area (Å²) in [6.45, 7) is 0.743. The molecule has 3 N–H and O–H groups in total. The first-order valence-electron chi connectivity index (χ1n) is 6.36. The average Bonchev–Trinajstić information content (AvgIpc) is 2.47. The molecule has 0 fully saturated rings. The van der Waals surface area contributed by atoms with Gasteiger partial charge in [0.2, 0.25) is 0 Å². The lowest BCUT2D eigenvalue weighted by Crippen LogP contribution is -2.26. The molecule has 0 aliphatic heterocycles. The second-order valence-corrected chi connectivity index (χ2v) is 4.38. The zero-order valence-corrected chi connectivity index (χ0v) is 11.0. The van der Waals surface area contributed by atoms with Crippen LogP contribution in [0.2, 0.25) is 0 Å². The van der Waals surface area contributed by atoms with Gasteiger partial charge in [-0.2, -0.15) is 0 Å². The van der Waals surface area contributed by atoms with Crippen LogP contribution in [0.15, 0.2) is 42.6 Å². The lowest BCUT2D eigenvalue weighted by Gasteiger charge is -2.06. The predicted octanol–water partition coefficient (Wildman–Crippen LogP) is 1.65. The Labute approximate surface area is 116 Å². The number of nitrogens with two attached hydrogens (primary N) is 1. The number of pyridine rings is 1. The second kappa shape index (κ2) is 6.77. The zero-order chi connectivity index (χ0) is 14.4. The number of benzene rings is 1. The molecule has 0 spiro atoms. The van der Waals surface area contributed by atoms with E-state index in [0.29, 0.717) is 30.8 Å². The molecule has 0 aliphatic rings. The van der Waals surface area contributed by atoms with Crippen molar-refractivity contribution in [2.24, 2.45) is 5.73 Å². The lowest BCUT2D eigenvalue weighted by atomic mass is 10.1. The first kappa shape index (κ1) is 14.1. The van der Waals surface area contributed by atoms with Crippen LogP contribution in [-0.4, -0.2) is 17.4 Å². The number of rotatable bonds is 5. The Morgan fingerprint density at radius 2 is 2.15 bits per heavy atom. The molecule has 0 unspecified atom stereocenters. The molecule has 1 aromatic carbocycles. The molecule has 1 amide bonds. The third-order valence-corrected chi connectivity index (χ3v) is 2.88. The molecular weight excluding hydrogens is 257 g/mol. The van der Waals surface area contributed by atoms with Crippen LogP contribution in [0.5, 0.6) is 0 Å². The maximum Gasteiger partial charge on any atom is 0.251 e. The van der Waals surface area contributed by atoms with Gasteiger partial charge < -0.3 is 11.1 Å². The Kier molecular flexibility index (Phi) is 4.79. The maximum absolute atomic E-state index is 13.0. The van der Waals surface area contributed by atoms with Crippen LogP contribution in [0.1, 0.15) is 21.6 Å². The lowest BCUT2D eigenvalue weighted by molar-refractivity contribution is 0.0954. The van der Waals surface area contributed by atoms with E-state index in [1.54, 1.807) is 24.4 Å². The second-order valence-electron chi connectivity index (χ2n) is 4.38. The van der Waals surface area contributed by atoms with E-state index in [-0.39, 0.29) is 11.7 Å². The molecule has 5 heteroatoms. The van der Waals surface area contributed by atoms with Crippen molar-refractivity contribution in [1.29, 1.82) is 0 Å². The maximum atomic E-state index is 13.0. The summed E-state index contributed by atoms with van der Waals surface area (Å²) in [6.07, 6.45) is 2.14. The first-order chi connectivity index (χ1) is 9.69. The number of amides is 1. The summed E-state index contributed by atoms with van der Waals surface area (Å²) >= 11 is 0. The summed E-state index contributed by atoms with van der Waals surface area (Å²) in [6, 6.07) is 9.64. The van der Waals surface area contributed by atoms with Gasteiger partial charge in [0, 0.05) is 24.8 Å². The number of nitrogens with zero attached hydrogens (tertiary/aromatic N) is 1. The highest BCUT2D eigenvalue weighted by atomic mass is 19.1. The molecule has 0 saturated carbocycles. The van der Waals surface area contributed by atoms with E-state index in [9.17, 15) is 9.18 Å². The smallest absolute Gasteiger partial charge is 0.251 e.